The van der Waals surface area contributed by atoms with Gasteiger partial charge >= 0.3 is 0 Å². The first-order chi connectivity index (χ1) is 14.4. The van der Waals surface area contributed by atoms with Crippen molar-refractivity contribution in [2.75, 3.05) is 19.0 Å². The molecule has 0 unspecified atom stereocenters. The summed E-state index contributed by atoms with van der Waals surface area (Å²) in [6, 6.07) is 11.5. The van der Waals surface area contributed by atoms with Crippen LogP contribution in [0.25, 0.3) is 16.8 Å². The van der Waals surface area contributed by atoms with E-state index in [0.717, 1.165) is 41.2 Å². The van der Waals surface area contributed by atoms with Crippen LogP contribution in [-0.4, -0.2) is 49.0 Å². The molecular formula is C24H28O5S. The molecule has 0 spiro atoms. The molecule has 2 aliphatic heterocycles. The van der Waals surface area contributed by atoms with Crippen molar-refractivity contribution in [3.05, 3.63) is 58.7 Å². The largest absolute Gasteiger partial charge is 0.507 e. The summed E-state index contributed by atoms with van der Waals surface area (Å²) in [5.41, 5.74) is 3.75. The molecule has 0 saturated carbocycles. The lowest BCUT2D eigenvalue weighted by Gasteiger charge is -2.15. The Morgan fingerprint density at radius 1 is 1.17 bits per heavy atom. The predicted molar refractivity (Wildman–Crippen MR) is 119 cm³/mol. The van der Waals surface area contributed by atoms with Crippen LogP contribution in [0.4, 0.5) is 0 Å². The highest BCUT2D eigenvalue weighted by atomic mass is 32.2. The maximum atomic E-state index is 12.3. The topological polar surface area (TPSA) is 83.8 Å². The Balaban J connectivity index is 1.58. The smallest absolute Gasteiger partial charge is 0.163 e. The lowest BCUT2D eigenvalue weighted by Crippen LogP contribution is -2.19. The number of phenols is 1. The molecule has 2 aliphatic rings. The van der Waals surface area contributed by atoms with Crippen LogP contribution in [0.1, 0.15) is 38.2 Å². The van der Waals surface area contributed by atoms with Crippen molar-refractivity contribution in [1.29, 1.82) is 0 Å². The maximum Gasteiger partial charge on any atom is 0.163 e. The summed E-state index contributed by atoms with van der Waals surface area (Å²) in [7, 11) is -3.24. The van der Waals surface area contributed by atoms with Gasteiger partial charge in [0.05, 0.1) is 25.1 Å². The molecule has 0 amide bonds. The molecule has 0 bridgehead atoms. The molecule has 2 aromatic carbocycles. The minimum absolute atomic E-state index is 0.0412. The third kappa shape index (κ3) is 3.92. The van der Waals surface area contributed by atoms with Gasteiger partial charge in [-0.3, -0.25) is 0 Å². The number of aromatic hydroxyl groups is 1. The summed E-state index contributed by atoms with van der Waals surface area (Å²) in [5.74, 6) is 0.233. The van der Waals surface area contributed by atoms with E-state index in [0.29, 0.717) is 12.0 Å². The van der Waals surface area contributed by atoms with Gasteiger partial charge in [-0.2, -0.15) is 0 Å². The van der Waals surface area contributed by atoms with Gasteiger partial charge in [0.1, 0.15) is 11.0 Å². The van der Waals surface area contributed by atoms with Crippen LogP contribution in [-0.2, 0) is 14.6 Å². The highest BCUT2D eigenvalue weighted by Gasteiger charge is 2.46. The molecule has 0 aromatic heterocycles. The van der Waals surface area contributed by atoms with Crippen LogP contribution < -0.4 is 0 Å². The van der Waals surface area contributed by atoms with E-state index in [1.165, 1.54) is 5.57 Å². The van der Waals surface area contributed by atoms with Gasteiger partial charge in [0.15, 0.2) is 9.84 Å². The van der Waals surface area contributed by atoms with Crippen LogP contribution in [0.2, 0.25) is 0 Å². The molecule has 1 fully saturated rings. The fourth-order valence-corrected chi connectivity index (χ4v) is 6.64. The third-order valence-corrected chi connectivity index (χ3v) is 8.15. The molecule has 0 radical (unpaired) electrons. The average molecular weight is 429 g/mol. The molecule has 1 saturated heterocycles. The molecule has 2 N–H and O–H groups in total. The van der Waals surface area contributed by atoms with Gasteiger partial charge in [0.2, 0.25) is 0 Å². The summed E-state index contributed by atoms with van der Waals surface area (Å²) in [6.45, 7) is 2.12. The number of fused-ring (bicyclic) bond motifs is 2. The van der Waals surface area contributed by atoms with E-state index in [1.807, 2.05) is 30.3 Å². The monoisotopic (exact) mass is 428 g/mol. The van der Waals surface area contributed by atoms with Crippen LogP contribution in [0.3, 0.4) is 0 Å². The molecule has 0 aliphatic carbocycles. The Labute approximate surface area is 177 Å². The molecule has 5 nitrogen and oxygen atoms in total. The Bertz CT molecular complexity index is 1110. The van der Waals surface area contributed by atoms with Crippen molar-refractivity contribution in [3.8, 4) is 5.75 Å². The highest BCUT2D eigenvalue weighted by molar-refractivity contribution is 7.92. The molecule has 160 valence electrons. The van der Waals surface area contributed by atoms with Gasteiger partial charge in [0, 0.05) is 5.39 Å². The minimum atomic E-state index is -3.24. The lowest BCUT2D eigenvalue weighted by atomic mass is 9.94. The quantitative estimate of drug-likeness (QED) is 0.652. The molecule has 2 aromatic rings. The van der Waals surface area contributed by atoms with E-state index in [1.54, 1.807) is 6.07 Å². The standard InChI is InChI=1S/C24H28O5S/c1-2-5-16(12-17-9-10-21(26)20-7-4-3-6-19(17)20)8-11-22-24-18(13-25)15-30(27,28)23(24)14-29-22/h3-4,6-7,9-10,12,22-23,25-26H,2,5,8,11,13-15H2,1H3/b16-12+/t22-,23+/m1/s1. The SMILES string of the molecule is CCC/C(=C\c1ccc(O)c2ccccc12)CC[C@H]1OC[C@H]2C1=C(CO)CS2(=O)=O. The molecule has 4 rings (SSSR count). The molecule has 2 atom stereocenters. The number of phenolic OH excluding ortho intramolecular Hbond substituents is 1. The number of aliphatic hydroxyl groups excluding tert-OH is 1. The van der Waals surface area contributed by atoms with Crippen LogP contribution in [0, 0.1) is 0 Å². The van der Waals surface area contributed by atoms with Crippen molar-refractivity contribution >= 4 is 26.7 Å². The van der Waals surface area contributed by atoms with Crippen LogP contribution in [0.15, 0.2) is 53.1 Å². The second-order valence-electron chi connectivity index (χ2n) is 8.15. The second kappa shape index (κ2) is 8.53. The van der Waals surface area contributed by atoms with E-state index >= 15 is 0 Å². The van der Waals surface area contributed by atoms with E-state index in [9.17, 15) is 18.6 Å². The number of benzene rings is 2. The number of allylic oxidation sites excluding steroid dienone is 1. The van der Waals surface area contributed by atoms with Gasteiger partial charge in [-0.25, -0.2) is 8.42 Å². The lowest BCUT2D eigenvalue weighted by molar-refractivity contribution is 0.117. The number of rotatable bonds is 7. The minimum Gasteiger partial charge on any atom is -0.507 e. The first-order valence-corrected chi connectivity index (χ1v) is 12.2. The van der Waals surface area contributed by atoms with Gasteiger partial charge < -0.3 is 14.9 Å². The zero-order valence-electron chi connectivity index (χ0n) is 17.2. The fraction of sp³-hybridized carbons (Fsp3) is 0.417. The van der Waals surface area contributed by atoms with Crippen molar-refractivity contribution in [3.63, 3.8) is 0 Å². The fourth-order valence-electron chi connectivity index (χ4n) is 4.70. The van der Waals surface area contributed by atoms with Crippen LogP contribution >= 0.6 is 0 Å². The van der Waals surface area contributed by atoms with E-state index in [2.05, 4.69) is 13.0 Å². The first-order valence-electron chi connectivity index (χ1n) is 10.5. The van der Waals surface area contributed by atoms with Gasteiger partial charge in [-0.15, -0.1) is 0 Å². The zero-order valence-corrected chi connectivity index (χ0v) is 18.0. The number of ether oxygens (including phenoxy) is 1. The molecule has 2 heterocycles. The molecule has 30 heavy (non-hydrogen) atoms. The van der Waals surface area contributed by atoms with Gasteiger partial charge in [-0.05, 0) is 47.4 Å². The summed E-state index contributed by atoms with van der Waals surface area (Å²) in [5, 5.41) is 21.0. The number of sulfone groups is 1. The zero-order chi connectivity index (χ0) is 21.3. The van der Waals surface area contributed by atoms with Crippen molar-refractivity contribution in [2.24, 2.45) is 0 Å². The summed E-state index contributed by atoms with van der Waals surface area (Å²) >= 11 is 0. The Kier molecular flexibility index (Phi) is 6.00. The van der Waals surface area contributed by atoms with E-state index in [4.69, 9.17) is 4.74 Å². The summed E-state index contributed by atoms with van der Waals surface area (Å²) in [4.78, 5) is 0. The van der Waals surface area contributed by atoms with Crippen LogP contribution in [0.5, 0.6) is 5.75 Å². The van der Waals surface area contributed by atoms with Crippen molar-refractivity contribution in [2.45, 2.75) is 44.0 Å². The number of aliphatic hydroxyl groups is 1. The first kappa shape index (κ1) is 21.1. The van der Waals surface area contributed by atoms with Gasteiger partial charge in [0.25, 0.3) is 0 Å². The predicted octanol–water partition coefficient (Wildman–Crippen LogP) is 3.99. The Morgan fingerprint density at radius 3 is 2.67 bits per heavy atom. The highest BCUT2D eigenvalue weighted by Crippen LogP contribution is 2.39. The Hall–Kier alpha value is -2.15. The second-order valence-corrected chi connectivity index (χ2v) is 10.3. The molecule has 6 heteroatoms. The van der Waals surface area contributed by atoms with Crippen molar-refractivity contribution < 1.29 is 23.4 Å². The van der Waals surface area contributed by atoms with Crippen molar-refractivity contribution in [1.82, 2.24) is 0 Å². The summed E-state index contributed by atoms with van der Waals surface area (Å²) in [6.07, 6.45) is 5.39. The summed E-state index contributed by atoms with van der Waals surface area (Å²) < 4.78 is 30.5. The average Bonchev–Trinajstić information content (AvgIpc) is 3.28. The maximum absolute atomic E-state index is 12.3. The number of hydrogen-bond donors (Lipinski definition) is 2. The molecular weight excluding hydrogens is 400 g/mol. The van der Waals surface area contributed by atoms with Gasteiger partial charge in [-0.1, -0.05) is 55.3 Å². The third-order valence-electron chi connectivity index (χ3n) is 6.14. The normalized spacial score (nSPS) is 23.3. The van der Waals surface area contributed by atoms with E-state index in [-0.39, 0.29) is 30.8 Å². The number of hydrogen-bond acceptors (Lipinski definition) is 5. The Morgan fingerprint density at radius 2 is 1.93 bits per heavy atom. The van der Waals surface area contributed by atoms with E-state index < -0.39 is 15.1 Å².